The molecule has 2 rings (SSSR count). The first-order valence-electron chi connectivity index (χ1n) is 7.02. The maximum Gasteiger partial charge on any atom is 0.243 e. The van der Waals surface area contributed by atoms with E-state index in [1.165, 1.54) is 0 Å². The third kappa shape index (κ3) is 3.49. The van der Waals surface area contributed by atoms with Gasteiger partial charge in [0.15, 0.2) is 0 Å². The summed E-state index contributed by atoms with van der Waals surface area (Å²) in [4.78, 5) is 29.6. The number of aromatic nitrogens is 1. The molecule has 2 heterocycles. The molecule has 0 aliphatic carbocycles. The van der Waals surface area contributed by atoms with Gasteiger partial charge in [-0.3, -0.25) is 9.59 Å². The molecule has 1 aromatic rings. The highest BCUT2D eigenvalue weighted by Crippen LogP contribution is 2.17. The lowest BCUT2D eigenvalue weighted by molar-refractivity contribution is -0.137. The van der Waals surface area contributed by atoms with E-state index in [1.54, 1.807) is 11.0 Å². The van der Waals surface area contributed by atoms with E-state index < -0.39 is 6.04 Å². The van der Waals surface area contributed by atoms with E-state index in [-0.39, 0.29) is 18.4 Å². The van der Waals surface area contributed by atoms with Crippen molar-refractivity contribution in [1.82, 2.24) is 15.2 Å². The molecule has 114 valence electrons. The first-order valence-corrected chi connectivity index (χ1v) is 7.02. The number of aryl methyl sites for hydroxylation is 1. The highest BCUT2D eigenvalue weighted by Gasteiger charge is 2.33. The second kappa shape index (κ2) is 6.53. The molecular formula is C14H21N5O2. The minimum absolute atomic E-state index is 0.0647. The number of carbonyl (C=O) groups is 2. The lowest BCUT2D eigenvalue weighted by Gasteiger charge is -2.23. The van der Waals surface area contributed by atoms with Crippen LogP contribution in [0.25, 0.3) is 0 Å². The number of nitrogens with zero attached hydrogens (tertiary/aromatic N) is 2. The third-order valence-corrected chi connectivity index (χ3v) is 3.72. The number of hydrogen-bond donors (Lipinski definition) is 3. The minimum atomic E-state index is -0.414. The molecule has 1 aliphatic rings. The Morgan fingerprint density at radius 1 is 1.48 bits per heavy atom. The van der Waals surface area contributed by atoms with E-state index in [2.05, 4.69) is 10.3 Å². The molecule has 7 nitrogen and oxygen atoms in total. The molecule has 0 saturated carbocycles. The number of likely N-dealkylation sites (tertiary alicyclic amines) is 1. The van der Waals surface area contributed by atoms with Gasteiger partial charge in [-0.15, -0.1) is 0 Å². The van der Waals surface area contributed by atoms with Gasteiger partial charge in [-0.1, -0.05) is 6.07 Å². The van der Waals surface area contributed by atoms with Crippen LogP contribution < -0.4 is 16.8 Å². The summed E-state index contributed by atoms with van der Waals surface area (Å²) in [6.45, 7) is 2.75. The van der Waals surface area contributed by atoms with Gasteiger partial charge >= 0.3 is 0 Å². The summed E-state index contributed by atoms with van der Waals surface area (Å²) < 4.78 is 0. The SMILES string of the molecule is Cc1nc(N)ccc1CNC(=O)C1CCCN1C(=O)CN. The molecule has 0 bridgehead atoms. The second-order valence-corrected chi connectivity index (χ2v) is 5.15. The van der Waals surface area contributed by atoms with Crippen LogP contribution in [0.1, 0.15) is 24.1 Å². The first-order chi connectivity index (χ1) is 10.0. The Morgan fingerprint density at radius 2 is 2.24 bits per heavy atom. The number of anilines is 1. The molecular weight excluding hydrogens is 270 g/mol. The van der Waals surface area contributed by atoms with Crippen LogP contribution in [0.2, 0.25) is 0 Å². The van der Waals surface area contributed by atoms with Gasteiger partial charge in [0.25, 0.3) is 0 Å². The van der Waals surface area contributed by atoms with Crippen LogP contribution in [0.15, 0.2) is 12.1 Å². The predicted molar refractivity (Wildman–Crippen MR) is 79.0 cm³/mol. The van der Waals surface area contributed by atoms with Crippen LogP contribution in [0, 0.1) is 6.92 Å². The fourth-order valence-corrected chi connectivity index (χ4v) is 2.55. The highest BCUT2D eigenvalue weighted by atomic mass is 16.2. The van der Waals surface area contributed by atoms with E-state index in [9.17, 15) is 9.59 Å². The summed E-state index contributed by atoms with van der Waals surface area (Å²) >= 11 is 0. The van der Waals surface area contributed by atoms with Crippen LogP contribution >= 0.6 is 0 Å². The second-order valence-electron chi connectivity index (χ2n) is 5.15. The van der Waals surface area contributed by atoms with Gasteiger partial charge in [-0.25, -0.2) is 4.98 Å². The number of nitrogen functional groups attached to an aromatic ring is 1. The fourth-order valence-electron chi connectivity index (χ4n) is 2.55. The number of rotatable bonds is 4. The molecule has 2 amide bonds. The quantitative estimate of drug-likeness (QED) is 0.694. The van der Waals surface area contributed by atoms with Gasteiger partial charge in [-0.2, -0.15) is 0 Å². The standard InChI is InChI=1S/C14H21N5O2/c1-9-10(4-5-12(16)18-9)8-17-14(21)11-3-2-6-19(11)13(20)7-15/h4-5,11H,2-3,6-8,15H2,1H3,(H2,16,18)(H,17,21). The maximum atomic E-state index is 12.2. The van der Waals surface area contributed by atoms with Crippen molar-refractivity contribution in [2.75, 3.05) is 18.8 Å². The Bertz CT molecular complexity index is 546. The van der Waals surface area contributed by atoms with Crippen LogP contribution in [-0.4, -0.2) is 40.8 Å². The Labute approximate surface area is 123 Å². The molecule has 1 unspecified atom stereocenters. The highest BCUT2D eigenvalue weighted by molar-refractivity contribution is 5.88. The van der Waals surface area contributed by atoms with Gasteiger partial charge in [0.05, 0.1) is 6.54 Å². The lowest BCUT2D eigenvalue weighted by atomic mass is 10.1. The fraction of sp³-hybridized carbons (Fsp3) is 0.500. The van der Waals surface area contributed by atoms with Crippen molar-refractivity contribution in [2.45, 2.75) is 32.4 Å². The number of nitrogens with one attached hydrogen (secondary N) is 1. The molecule has 5 N–H and O–H groups in total. The number of amides is 2. The molecule has 0 radical (unpaired) electrons. The Kier molecular flexibility index (Phi) is 4.74. The van der Waals surface area contributed by atoms with Gasteiger partial charge < -0.3 is 21.7 Å². The van der Waals surface area contributed by atoms with Crippen LogP contribution in [-0.2, 0) is 16.1 Å². The monoisotopic (exact) mass is 291 g/mol. The molecule has 0 spiro atoms. The third-order valence-electron chi connectivity index (χ3n) is 3.72. The van der Waals surface area contributed by atoms with Crippen molar-refractivity contribution >= 4 is 17.6 Å². The number of hydrogen-bond acceptors (Lipinski definition) is 5. The van der Waals surface area contributed by atoms with Gasteiger partial charge in [-0.05, 0) is 31.4 Å². The van der Waals surface area contributed by atoms with E-state index >= 15 is 0 Å². The molecule has 1 saturated heterocycles. The summed E-state index contributed by atoms with van der Waals surface area (Å²) in [5, 5.41) is 2.86. The smallest absolute Gasteiger partial charge is 0.243 e. The van der Waals surface area contributed by atoms with Crippen molar-refractivity contribution in [3.05, 3.63) is 23.4 Å². The zero-order chi connectivity index (χ0) is 15.4. The minimum Gasteiger partial charge on any atom is -0.384 e. The molecule has 1 fully saturated rings. The van der Waals surface area contributed by atoms with Gasteiger partial charge in [0.1, 0.15) is 11.9 Å². The van der Waals surface area contributed by atoms with Crippen molar-refractivity contribution in [2.24, 2.45) is 5.73 Å². The molecule has 0 aromatic carbocycles. The summed E-state index contributed by atoms with van der Waals surface area (Å²) in [7, 11) is 0. The van der Waals surface area contributed by atoms with E-state index in [1.807, 2.05) is 13.0 Å². The van der Waals surface area contributed by atoms with E-state index in [0.717, 1.165) is 17.7 Å². The summed E-state index contributed by atoms with van der Waals surface area (Å²) in [5.41, 5.74) is 12.7. The lowest BCUT2D eigenvalue weighted by Crippen LogP contribution is -2.47. The van der Waals surface area contributed by atoms with Crippen LogP contribution in [0.3, 0.4) is 0 Å². The van der Waals surface area contributed by atoms with E-state index in [0.29, 0.717) is 25.3 Å². The number of carbonyl (C=O) groups excluding carboxylic acids is 2. The largest absolute Gasteiger partial charge is 0.384 e. The number of pyridine rings is 1. The van der Waals surface area contributed by atoms with Crippen LogP contribution in [0.4, 0.5) is 5.82 Å². The Hall–Kier alpha value is -2.15. The summed E-state index contributed by atoms with van der Waals surface area (Å²) in [6.07, 6.45) is 1.50. The van der Waals surface area contributed by atoms with Crippen molar-refractivity contribution < 1.29 is 9.59 Å². The normalized spacial score (nSPS) is 17.8. The molecule has 7 heteroatoms. The zero-order valence-corrected chi connectivity index (χ0v) is 12.1. The van der Waals surface area contributed by atoms with Gasteiger partial charge in [0, 0.05) is 18.8 Å². The molecule has 1 aliphatic heterocycles. The maximum absolute atomic E-state index is 12.2. The van der Waals surface area contributed by atoms with Crippen molar-refractivity contribution in [1.29, 1.82) is 0 Å². The van der Waals surface area contributed by atoms with Crippen molar-refractivity contribution in [3.8, 4) is 0 Å². The molecule has 1 atom stereocenters. The zero-order valence-electron chi connectivity index (χ0n) is 12.1. The number of nitrogens with two attached hydrogens (primary N) is 2. The van der Waals surface area contributed by atoms with Crippen molar-refractivity contribution in [3.63, 3.8) is 0 Å². The predicted octanol–water partition coefficient (Wildman–Crippen LogP) is -0.462. The average molecular weight is 291 g/mol. The van der Waals surface area contributed by atoms with E-state index in [4.69, 9.17) is 11.5 Å². The van der Waals surface area contributed by atoms with Gasteiger partial charge in [0.2, 0.25) is 11.8 Å². The van der Waals surface area contributed by atoms with Crippen LogP contribution in [0.5, 0.6) is 0 Å². The summed E-state index contributed by atoms with van der Waals surface area (Å²) in [6, 6.07) is 3.13. The Balaban J connectivity index is 1.96. The molecule has 21 heavy (non-hydrogen) atoms. The molecule has 1 aromatic heterocycles. The summed E-state index contributed by atoms with van der Waals surface area (Å²) in [5.74, 6) is 0.126. The average Bonchev–Trinajstić information content (AvgIpc) is 2.94. The topological polar surface area (TPSA) is 114 Å². The first kappa shape index (κ1) is 15.2. The Morgan fingerprint density at radius 3 is 2.90 bits per heavy atom.